The standard InChI is InChI=1S/C18H14FN3OS/c19-12-3-1-10(2-4-12)14-7-11-8-21-9-15(23)22-6-5-13(17(11)22)16(14)18(20)24/h1-7,21H,8-9H2,(H2,20,24). The zero-order chi connectivity index (χ0) is 16.8. The van der Waals surface area contributed by atoms with Crippen LogP contribution in [0.25, 0.3) is 22.0 Å². The third-order valence-corrected chi connectivity index (χ3v) is 4.51. The SMILES string of the molecule is NC(=S)c1c(-c2ccc(F)cc2)cc2c3c1ccn3C(=O)CNC2. The second-order valence-electron chi connectivity index (χ2n) is 5.77. The van der Waals surface area contributed by atoms with E-state index >= 15 is 0 Å². The Morgan fingerprint density at radius 1 is 1.21 bits per heavy atom. The summed E-state index contributed by atoms with van der Waals surface area (Å²) >= 11 is 5.27. The molecule has 0 fully saturated rings. The number of aromatic nitrogens is 1. The molecule has 6 heteroatoms. The van der Waals surface area contributed by atoms with E-state index in [0.717, 1.165) is 27.6 Å². The first-order valence-corrected chi connectivity index (χ1v) is 7.93. The topological polar surface area (TPSA) is 60.0 Å². The molecule has 2 aromatic carbocycles. The van der Waals surface area contributed by atoms with E-state index in [4.69, 9.17) is 18.0 Å². The van der Waals surface area contributed by atoms with Crippen LogP contribution in [0.15, 0.2) is 42.6 Å². The summed E-state index contributed by atoms with van der Waals surface area (Å²) in [7, 11) is 0. The average molecular weight is 339 g/mol. The Hall–Kier alpha value is -2.57. The number of hydrogen-bond donors (Lipinski definition) is 2. The van der Waals surface area contributed by atoms with Gasteiger partial charge in [0.05, 0.1) is 12.1 Å². The van der Waals surface area contributed by atoms with Crippen LogP contribution in [0, 0.1) is 5.82 Å². The Labute approximate surface area is 143 Å². The van der Waals surface area contributed by atoms with Crippen LogP contribution in [-0.4, -0.2) is 22.0 Å². The minimum absolute atomic E-state index is 0.0211. The van der Waals surface area contributed by atoms with E-state index < -0.39 is 0 Å². The lowest BCUT2D eigenvalue weighted by Crippen LogP contribution is -2.23. The van der Waals surface area contributed by atoms with Gasteiger partial charge >= 0.3 is 0 Å². The Kier molecular flexibility index (Phi) is 3.44. The van der Waals surface area contributed by atoms with Gasteiger partial charge in [-0.1, -0.05) is 24.4 Å². The molecule has 24 heavy (non-hydrogen) atoms. The van der Waals surface area contributed by atoms with Gasteiger partial charge in [0.15, 0.2) is 0 Å². The highest BCUT2D eigenvalue weighted by molar-refractivity contribution is 7.80. The summed E-state index contributed by atoms with van der Waals surface area (Å²) in [5.41, 5.74) is 10.2. The van der Waals surface area contributed by atoms with Crippen molar-refractivity contribution in [1.82, 2.24) is 9.88 Å². The number of nitrogens with two attached hydrogens (primary N) is 1. The second kappa shape index (κ2) is 5.51. The van der Waals surface area contributed by atoms with Crippen molar-refractivity contribution in [1.29, 1.82) is 0 Å². The lowest BCUT2D eigenvalue weighted by atomic mass is 9.93. The molecule has 0 atom stereocenters. The van der Waals surface area contributed by atoms with Gasteiger partial charge in [-0.05, 0) is 41.0 Å². The zero-order valence-corrected chi connectivity index (χ0v) is 13.5. The number of nitrogens with zero attached hydrogens (tertiary/aromatic N) is 1. The Morgan fingerprint density at radius 3 is 2.67 bits per heavy atom. The summed E-state index contributed by atoms with van der Waals surface area (Å²) in [6, 6.07) is 10.1. The first-order valence-electron chi connectivity index (χ1n) is 7.53. The van der Waals surface area contributed by atoms with Crippen molar-refractivity contribution in [3.8, 4) is 11.1 Å². The highest BCUT2D eigenvalue weighted by Gasteiger charge is 2.22. The van der Waals surface area contributed by atoms with Gasteiger partial charge in [-0.3, -0.25) is 9.36 Å². The first-order chi connectivity index (χ1) is 11.6. The predicted octanol–water partition coefficient (Wildman–Crippen LogP) is 2.83. The number of nitrogens with one attached hydrogen (secondary N) is 1. The van der Waals surface area contributed by atoms with Gasteiger partial charge in [0.2, 0.25) is 5.91 Å². The molecule has 2 heterocycles. The molecule has 0 amide bonds. The number of benzene rings is 2. The van der Waals surface area contributed by atoms with Crippen molar-refractivity contribution < 1.29 is 9.18 Å². The van der Waals surface area contributed by atoms with Crippen molar-refractivity contribution in [3.63, 3.8) is 0 Å². The fraction of sp³-hybridized carbons (Fsp3) is 0.111. The van der Waals surface area contributed by atoms with Crippen molar-refractivity contribution in [3.05, 3.63) is 59.5 Å². The molecule has 3 aromatic rings. The molecule has 0 unspecified atom stereocenters. The molecule has 4 rings (SSSR count). The molecule has 0 radical (unpaired) electrons. The van der Waals surface area contributed by atoms with Crippen LogP contribution in [0.4, 0.5) is 4.39 Å². The van der Waals surface area contributed by atoms with Crippen LogP contribution in [0.3, 0.4) is 0 Å². The van der Waals surface area contributed by atoms with Gasteiger partial charge < -0.3 is 11.1 Å². The first kappa shape index (κ1) is 15.0. The van der Waals surface area contributed by atoms with E-state index in [9.17, 15) is 9.18 Å². The molecule has 1 aromatic heterocycles. The van der Waals surface area contributed by atoms with Gasteiger partial charge in [-0.25, -0.2) is 4.39 Å². The molecule has 1 aliphatic heterocycles. The minimum Gasteiger partial charge on any atom is -0.389 e. The molecule has 0 saturated heterocycles. The summed E-state index contributed by atoms with van der Waals surface area (Å²) in [6.07, 6.45) is 1.75. The Morgan fingerprint density at radius 2 is 1.96 bits per heavy atom. The molecule has 1 aliphatic rings. The molecule has 0 aliphatic carbocycles. The fourth-order valence-corrected chi connectivity index (χ4v) is 3.50. The van der Waals surface area contributed by atoms with Crippen molar-refractivity contribution in [2.24, 2.45) is 5.73 Å². The van der Waals surface area contributed by atoms with Crippen molar-refractivity contribution >= 4 is 34.0 Å². The third-order valence-electron chi connectivity index (χ3n) is 4.31. The smallest absolute Gasteiger partial charge is 0.245 e. The van der Waals surface area contributed by atoms with E-state index in [0.29, 0.717) is 12.1 Å². The number of carbonyl (C=O) groups excluding carboxylic acids is 1. The lowest BCUT2D eigenvalue weighted by molar-refractivity contribution is 0.0920. The van der Waals surface area contributed by atoms with Gasteiger partial charge in [0.25, 0.3) is 0 Å². The number of rotatable bonds is 2. The highest BCUT2D eigenvalue weighted by atomic mass is 32.1. The number of hydrogen-bond acceptors (Lipinski definition) is 3. The molecule has 120 valence electrons. The minimum atomic E-state index is -0.298. The lowest BCUT2D eigenvalue weighted by Gasteiger charge is -2.14. The van der Waals surface area contributed by atoms with Gasteiger partial charge in [-0.15, -0.1) is 0 Å². The molecule has 4 nitrogen and oxygen atoms in total. The van der Waals surface area contributed by atoms with Crippen LogP contribution in [-0.2, 0) is 6.54 Å². The van der Waals surface area contributed by atoms with E-state index in [1.165, 1.54) is 12.1 Å². The fourth-order valence-electron chi connectivity index (χ4n) is 3.28. The molecule has 0 spiro atoms. The summed E-state index contributed by atoms with van der Waals surface area (Å²) in [5, 5.41) is 3.98. The summed E-state index contributed by atoms with van der Waals surface area (Å²) in [6.45, 7) is 0.838. The summed E-state index contributed by atoms with van der Waals surface area (Å²) in [4.78, 5) is 12.5. The van der Waals surface area contributed by atoms with Crippen LogP contribution in [0.1, 0.15) is 15.9 Å². The highest BCUT2D eigenvalue weighted by Crippen LogP contribution is 2.34. The van der Waals surface area contributed by atoms with E-state index in [1.54, 1.807) is 22.9 Å². The van der Waals surface area contributed by atoms with Crippen molar-refractivity contribution in [2.45, 2.75) is 6.54 Å². The predicted molar refractivity (Wildman–Crippen MR) is 95.6 cm³/mol. The summed E-state index contributed by atoms with van der Waals surface area (Å²) in [5.74, 6) is -0.319. The Bertz CT molecular complexity index is 992. The van der Waals surface area contributed by atoms with Gasteiger partial charge in [0.1, 0.15) is 10.8 Å². The molecular weight excluding hydrogens is 325 g/mol. The number of carbonyl (C=O) groups is 1. The summed E-state index contributed by atoms with van der Waals surface area (Å²) < 4.78 is 14.9. The third kappa shape index (κ3) is 2.23. The quantitative estimate of drug-likeness (QED) is 0.705. The molecule has 3 N–H and O–H groups in total. The maximum atomic E-state index is 13.3. The van der Waals surface area contributed by atoms with E-state index in [2.05, 4.69) is 5.32 Å². The monoisotopic (exact) mass is 339 g/mol. The molecular formula is C18H14FN3OS. The Balaban J connectivity index is 2.09. The van der Waals surface area contributed by atoms with Crippen LogP contribution >= 0.6 is 12.2 Å². The van der Waals surface area contributed by atoms with Crippen molar-refractivity contribution in [2.75, 3.05) is 6.54 Å². The van der Waals surface area contributed by atoms with Crippen LogP contribution < -0.4 is 11.1 Å². The van der Waals surface area contributed by atoms with Gasteiger partial charge in [-0.2, -0.15) is 0 Å². The zero-order valence-electron chi connectivity index (χ0n) is 12.7. The maximum Gasteiger partial charge on any atom is 0.245 e. The largest absolute Gasteiger partial charge is 0.389 e. The van der Waals surface area contributed by atoms with Crippen LogP contribution in [0.2, 0.25) is 0 Å². The normalized spacial score (nSPS) is 14.0. The molecule has 0 saturated carbocycles. The average Bonchev–Trinajstić information content (AvgIpc) is 2.92. The second-order valence-corrected chi connectivity index (χ2v) is 6.21. The molecule has 0 bridgehead atoms. The number of thiocarbonyl (C=S) groups is 1. The van der Waals surface area contributed by atoms with Gasteiger partial charge in [0, 0.05) is 23.7 Å². The van der Waals surface area contributed by atoms with E-state index in [1.807, 2.05) is 12.1 Å². The van der Waals surface area contributed by atoms with Crippen LogP contribution in [0.5, 0.6) is 0 Å². The van der Waals surface area contributed by atoms with E-state index in [-0.39, 0.29) is 23.3 Å². The number of halogens is 1. The maximum absolute atomic E-state index is 13.3.